The van der Waals surface area contributed by atoms with Crippen molar-refractivity contribution in [2.45, 2.75) is 52.9 Å². The first-order chi connectivity index (χ1) is 7.33. The van der Waals surface area contributed by atoms with Crippen molar-refractivity contribution in [3.8, 4) is 0 Å². The second kappa shape index (κ2) is 9.17. The minimum Gasteiger partial charge on any atom is -0.320 e. The van der Waals surface area contributed by atoms with Crippen molar-refractivity contribution in [1.29, 1.82) is 0 Å². The summed E-state index contributed by atoms with van der Waals surface area (Å²) in [6.07, 6.45) is 6.87. The van der Waals surface area contributed by atoms with E-state index in [2.05, 4.69) is 17.6 Å². The van der Waals surface area contributed by atoms with Crippen molar-refractivity contribution in [2.75, 3.05) is 26.7 Å². The first-order valence-electron chi connectivity index (χ1n) is 6.68. The van der Waals surface area contributed by atoms with Gasteiger partial charge in [-0.25, -0.2) is 0 Å². The second-order valence-corrected chi connectivity index (χ2v) is 4.31. The van der Waals surface area contributed by atoms with Gasteiger partial charge >= 0.3 is 0 Å². The molecule has 1 aliphatic heterocycles. The second-order valence-electron chi connectivity index (χ2n) is 4.31. The van der Waals surface area contributed by atoms with E-state index in [0.29, 0.717) is 5.41 Å². The molecule has 0 aromatic carbocycles. The maximum atomic E-state index is 3.45. The molecule has 0 aromatic heterocycles. The van der Waals surface area contributed by atoms with Crippen LogP contribution >= 0.6 is 0 Å². The summed E-state index contributed by atoms with van der Waals surface area (Å²) < 4.78 is 0. The first kappa shape index (κ1) is 14.9. The van der Waals surface area contributed by atoms with Crippen LogP contribution in [0, 0.1) is 5.41 Å². The zero-order chi connectivity index (χ0) is 11.6. The molecule has 0 spiro atoms. The summed E-state index contributed by atoms with van der Waals surface area (Å²) in [5.41, 5.74) is 0.669. The third kappa shape index (κ3) is 5.53. The van der Waals surface area contributed by atoms with Crippen molar-refractivity contribution in [2.24, 2.45) is 5.41 Å². The Morgan fingerprint density at radius 1 is 1.20 bits per heavy atom. The smallest absolute Gasteiger partial charge is 0.00436 e. The van der Waals surface area contributed by atoms with Gasteiger partial charge in [-0.15, -0.1) is 0 Å². The van der Waals surface area contributed by atoms with Crippen molar-refractivity contribution < 1.29 is 0 Å². The topological polar surface area (TPSA) is 24.1 Å². The number of hydrogen-bond donors (Lipinski definition) is 2. The Bertz CT molecular complexity index is 128. The molecule has 0 bridgehead atoms. The summed E-state index contributed by atoms with van der Waals surface area (Å²) in [5.74, 6) is 0. The highest BCUT2D eigenvalue weighted by Gasteiger charge is 2.28. The van der Waals surface area contributed by atoms with Crippen LogP contribution in [0.15, 0.2) is 0 Å². The van der Waals surface area contributed by atoms with Crippen molar-refractivity contribution in [1.82, 2.24) is 10.6 Å². The van der Waals surface area contributed by atoms with E-state index in [-0.39, 0.29) is 0 Å². The quantitative estimate of drug-likeness (QED) is 0.688. The zero-order valence-electron chi connectivity index (χ0n) is 11.2. The Labute approximate surface area is 96.2 Å². The summed E-state index contributed by atoms with van der Waals surface area (Å²) >= 11 is 0. The van der Waals surface area contributed by atoms with Gasteiger partial charge < -0.3 is 10.6 Å². The van der Waals surface area contributed by atoms with E-state index in [9.17, 15) is 0 Å². The Hall–Kier alpha value is -0.0800. The van der Waals surface area contributed by atoms with E-state index in [1.165, 1.54) is 51.7 Å². The van der Waals surface area contributed by atoms with Gasteiger partial charge in [0, 0.05) is 0 Å². The number of rotatable bonds is 5. The molecule has 0 saturated carbocycles. The highest BCUT2D eigenvalue weighted by atomic mass is 14.9. The van der Waals surface area contributed by atoms with Gasteiger partial charge in [-0.3, -0.25) is 0 Å². The third-order valence-electron chi connectivity index (χ3n) is 3.55. The fourth-order valence-electron chi connectivity index (χ4n) is 2.38. The molecule has 1 aliphatic rings. The van der Waals surface area contributed by atoms with E-state index < -0.39 is 0 Å². The summed E-state index contributed by atoms with van der Waals surface area (Å²) in [5, 5.41) is 6.68. The van der Waals surface area contributed by atoms with Crippen LogP contribution in [-0.2, 0) is 0 Å². The maximum absolute atomic E-state index is 3.45. The van der Waals surface area contributed by atoms with E-state index in [4.69, 9.17) is 0 Å². The predicted molar refractivity (Wildman–Crippen MR) is 69.3 cm³/mol. The van der Waals surface area contributed by atoms with E-state index in [1.54, 1.807) is 0 Å². The summed E-state index contributed by atoms with van der Waals surface area (Å²) in [6, 6.07) is 0. The van der Waals surface area contributed by atoms with E-state index in [0.717, 1.165) is 0 Å². The molecule has 0 aliphatic carbocycles. The minimum atomic E-state index is 0.669. The highest BCUT2D eigenvalue weighted by molar-refractivity contribution is 4.83. The fourth-order valence-corrected chi connectivity index (χ4v) is 2.38. The average Bonchev–Trinajstić information content (AvgIpc) is 2.33. The van der Waals surface area contributed by atoms with Crippen molar-refractivity contribution in [3.63, 3.8) is 0 Å². The normalized spacial score (nSPS) is 19.2. The molecule has 0 unspecified atom stereocenters. The molecule has 1 heterocycles. The molecule has 2 heteroatoms. The van der Waals surface area contributed by atoms with Crippen LogP contribution in [0.2, 0.25) is 0 Å². The van der Waals surface area contributed by atoms with Crippen LogP contribution in [0.5, 0.6) is 0 Å². The molecule has 2 N–H and O–H groups in total. The molecule has 0 radical (unpaired) electrons. The molecule has 0 amide bonds. The van der Waals surface area contributed by atoms with Gasteiger partial charge in [0.1, 0.15) is 0 Å². The molecule has 1 rings (SSSR count). The van der Waals surface area contributed by atoms with Gasteiger partial charge in [-0.05, 0) is 57.8 Å². The lowest BCUT2D eigenvalue weighted by Crippen LogP contribution is -2.36. The maximum Gasteiger partial charge on any atom is -0.00436 e. The Kier molecular flexibility index (Phi) is 9.12. The third-order valence-corrected chi connectivity index (χ3v) is 3.55. The molecule has 0 atom stereocenters. The first-order valence-corrected chi connectivity index (χ1v) is 6.68. The zero-order valence-corrected chi connectivity index (χ0v) is 11.2. The monoisotopic (exact) mass is 214 g/mol. The van der Waals surface area contributed by atoms with E-state index in [1.807, 2.05) is 20.9 Å². The van der Waals surface area contributed by atoms with Gasteiger partial charge in [0.2, 0.25) is 0 Å². The largest absolute Gasteiger partial charge is 0.320 e. The molecule has 0 aromatic rings. The summed E-state index contributed by atoms with van der Waals surface area (Å²) in [4.78, 5) is 0. The lowest BCUT2D eigenvalue weighted by molar-refractivity contribution is 0.172. The molecule has 15 heavy (non-hydrogen) atoms. The summed E-state index contributed by atoms with van der Waals surface area (Å²) in [7, 11) is 2.04. The SMILES string of the molecule is CC.CCC1(CCCNC)CCNCC1. The highest BCUT2D eigenvalue weighted by Crippen LogP contribution is 2.36. The molecule has 1 fully saturated rings. The van der Waals surface area contributed by atoms with Crippen molar-refractivity contribution >= 4 is 0 Å². The molecule has 2 nitrogen and oxygen atoms in total. The van der Waals surface area contributed by atoms with Gasteiger partial charge in [0.05, 0.1) is 0 Å². The standard InChI is InChI=1S/C11H24N2.C2H6/c1-3-11(5-4-8-12-2)6-9-13-10-7-11;1-2/h12-13H,3-10H2,1-2H3;1-2H3. The lowest BCUT2D eigenvalue weighted by atomic mass is 9.73. The Morgan fingerprint density at radius 2 is 1.80 bits per heavy atom. The fraction of sp³-hybridized carbons (Fsp3) is 1.00. The summed E-state index contributed by atoms with van der Waals surface area (Å²) in [6.45, 7) is 9.99. The van der Waals surface area contributed by atoms with Crippen molar-refractivity contribution in [3.05, 3.63) is 0 Å². The number of nitrogens with one attached hydrogen (secondary N) is 2. The average molecular weight is 214 g/mol. The van der Waals surface area contributed by atoms with Crippen LogP contribution in [-0.4, -0.2) is 26.7 Å². The Balaban J connectivity index is 0.000000921. The Morgan fingerprint density at radius 3 is 2.27 bits per heavy atom. The minimum absolute atomic E-state index is 0.669. The van der Waals surface area contributed by atoms with Crippen LogP contribution < -0.4 is 10.6 Å². The number of hydrogen-bond acceptors (Lipinski definition) is 2. The van der Waals surface area contributed by atoms with Crippen LogP contribution in [0.25, 0.3) is 0 Å². The van der Waals surface area contributed by atoms with Gasteiger partial charge in [0.15, 0.2) is 0 Å². The van der Waals surface area contributed by atoms with Gasteiger partial charge in [0.25, 0.3) is 0 Å². The molecular formula is C13H30N2. The van der Waals surface area contributed by atoms with Crippen LogP contribution in [0.4, 0.5) is 0 Å². The van der Waals surface area contributed by atoms with Crippen LogP contribution in [0.3, 0.4) is 0 Å². The van der Waals surface area contributed by atoms with Gasteiger partial charge in [-0.1, -0.05) is 27.2 Å². The predicted octanol–water partition coefficient (Wildman–Crippen LogP) is 2.79. The molecular weight excluding hydrogens is 184 g/mol. The van der Waals surface area contributed by atoms with Crippen LogP contribution in [0.1, 0.15) is 52.9 Å². The van der Waals surface area contributed by atoms with Gasteiger partial charge in [-0.2, -0.15) is 0 Å². The van der Waals surface area contributed by atoms with E-state index >= 15 is 0 Å². The molecule has 1 saturated heterocycles. The number of piperidine rings is 1. The lowest BCUT2D eigenvalue weighted by Gasteiger charge is -2.37. The molecule has 92 valence electrons.